The second kappa shape index (κ2) is 14.1. The van der Waals surface area contributed by atoms with Gasteiger partial charge in [-0.05, 0) is 128 Å². The van der Waals surface area contributed by atoms with Gasteiger partial charge in [0.25, 0.3) is 0 Å². The summed E-state index contributed by atoms with van der Waals surface area (Å²) in [6, 6.07) is 83.6. The van der Waals surface area contributed by atoms with E-state index in [1.165, 1.54) is 54.3 Å². The van der Waals surface area contributed by atoms with E-state index in [1.807, 2.05) is 0 Å². The highest BCUT2D eigenvalue weighted by atomic mass is 16.3. The summed E-state index contributed by atoms with van der Waals surface area (Å²) in [6.07, 6.45) is 0. The van der Waals surface area contributed by atoms with Crippen molar-refractivity contribution in [2.45, 2.75) is 0 Å². The fourth-order valence-electron chi connectivity index (χ4n) is 9.89. The highest BCUT2D eigenvalue weighted by Crippen LogP contribution is 2.41. The number of benzene rings is 11. The maximum atomic E-state index is 6.44. The lowest BCUT2D eigenvalue weighted by molar-refractivity contribution is 0.672. The molecule has 13 aromatic rings. The molecule has 0 aliphatic heterocycles. The summed E-state index contributed by atoms with van der Waals surface area (Å²) < 4.78 is 8.83. The third-order valence-electron chi connectivity index (χ3n) is 13.0. The molecule has 0 fully saturated rings. The first kappa shape index (κ1) is 35.4. The second-order valence-electron chi connectivity index (χ2n) is 16.5. The van der Waals surface area contributed by atoms with E-state index < -0.39 is 0 Å². The summed E-state index contributed by atoms with van der Waals surface area (Å²) in [4.78, 5) is 2.38. The molecule has 0 aliphatic carbocycles. The van der Waals surface area contributed by atoms with Crippen LogP contribution in [-0.4, -0.2) is 4.57 Å². The van der Waals surface area contributed by atoms with Crippen LogP contribution in [0.2, 0.25) is 0 Å². The van der Waals surface area contributed by atoms with Crippen molar-refractivity contribution >= 4 is 93.1 Å². The molecule has 0 atom stereocenters. The van der Waals surface area contributed by atoms with Crippen LogP contribution in [0, 0.1) is 0 Å². The molecule has 13 rings (SSSR count). The van der Waals surface area contributed by atoms with Gasteiger partial charge in [0.1, 0.15) is 11.2 Å². The molecule has 294 valence electrons. The molecule has 0 aliphatic rings. The Morgan fingerprint density at radius 2 is 0.825 bits per heavy atom. The van der Waals surface area contributed by atoms with E-state index in [4.69, 9.17) is 4.42 Å². The Morgan fingerprint density at radius 3 is 1.52 bits per heavy atom. The van der Waals surface area contributed by atoms with Crippen LogP contribution in [0.3, 0.4) is 0 Å². The molecule has 0 saturated carbocycles. The molecule has 2 heterocycles. The molecule has 0 radical (unpaired) electrons. The largest absolute Gasteiger partial charge is 0.455 e. The number of furan rings is 1. The van der Waals surface area contributed by atoms with Gasteiger partial charge >= 0.3 is 0 Å². The summed E-state index contributed by atoms with van der Waals surface area (Å²) in [5, 5.41) is 12.1. The number of rotatable bonds is 6. The average Bonchev–Trinajstić information content (AvgIpc) is 3.90. The van der Waals surface area contributed by atoms with E-state index in [9.17, 15) is 0 Å². The zero-order chi connectivity index (χ0) is 41.4. The summed E-state index contributed by atoms with van der Waals surface area (Å²) in [5.74, 6) is 0. The Morgan fingerprint density at radius 1 is 0.302 bits per heavy atom. The Bertz CT molecular complexity index is 3860. The lowest BCUT2D eigenvalue weighted by Crippen LogP contribution is -2.09. The van der Waals surface area contributed by atoms with Crippen LogP contribution in [0.25, 0.3) is 104 Å². The normalized spacial score (nSPS) is 11.8. The number of nitrogens with zero attached hydrogens (tertiary/aromatic N) is 2. The SMILES string of the molecule is c1cc(-c2ccc(N(c3ccc(-c4ccc5oc6c7ccccc7ccc6c5c4)cc3)c3ccc4ccc5ccccc5c4c3)cc2)cc(-n2c3ccccc3c3ccccc32)c1. The van der Waals surface area contributed by atoms with Gasteiger partial charge < -0.3 is 13.9 Å². The van der Waals surface area contributed by atoms with Gasteiger partial charge in [-0.25, -0.2) is 0 Å². The molecule has 0 amide bonds. The van der Waals surface area contributed by atoms with Gasteiger partial charge in [0.05, 0.1) is 11.0 Å². The first-order valence-corrected chi connectivity index (χ1v) is 21.6. The van der Waals surface area contributed by atoms with Crippen LogP contribution in [0.4, 0.5) is 17.1 Å². The standard InChI is InChI=1S/C60H38N2O/c1-3-14-50-41(10-1)20-21-43-26-33-49(38-55(43)50)61(47-31-24-40(25-32-47)45-28-35-59-56(37-45)54-34-27-42-11-2-4-15-51(42)60(54)63-59)46-29-22-39(23-30-46)44-12-9-13-48(36-44)62-57-18-7-5-16-52(57)53-17-6-8-19-58(53)62/h1-38H. The molecule has 3 nitrogen and oxygen atoms in total. The van der Waals surface area contributed by atoms with Gasteiger partial charge in [0.15, 0.2) is 0 Å². The number of aromatic nitrogens is 1. The Hall–Kier alpha value is -8.40. The van der Waals surface area contributed by atoms with Gasteiger partial charge in [0.2, 0.25) is 0 Å². The number of anilines is 3. The first-order valence-electron chi connectivity index (χ1n) is 21.6. The van der Waals surface area contributed by atoms with Crippen molar-refractivity contribution in [2.24, 2.45) is 0 Å². The number of hydrogen-bond acceptors (Lipinski definition) is 2. The molecule has 0 bridgehead atoms. The van der Waals surface area contributed by atoms with Crippen molar-refractivity contribution in [3.8, 4) is 27.9 Å². The Balaban J connectivity index is 0.902. The maximum absolute atomic E-state index is 6.44. The summed E-state index contributed by atoms with van der Waals surface area (Å²) >= 11 is 0. The minimum Gasteiger partial charge on any atom is -0.455 e. The molecule has 3 heteroatoms. The molecule has 0 saturated heterocycles. The summed E-state index contributed by atoms with van der Waals surface area (Å²) in [6.45, 7) is 0. The van der Waals surface area contributed by atoms with Crippen molar-refractivity contribution in [3.63, 3.8) is 0 Å². The van der Waals surface area contributed by atoms with Gasteiger partial charge in [0, 0.05) is 49.7 Å². The third-order valence-corrected chi connectivity index (χ3v) is 13.0. The Labute approximate surface area is 363 Å². The average molecular weight is 803 g/mol. The molecule has 0 N–H and O–H groups in total. The van der Waals surface area contributed by atoms with Gasteiger partial charge in [-0.1, -0.05) is 152 Å². The van der Waals surface area contributed by atoms with Crippen LogP contribution in [-0.2, 0) is 0 Å². The van der Waals surface area contributed by atoms with Crippen LogP contribution < -0.4 is 4.90 Å². The number of fused-ring (bicyclic) bond motifs is 11. The predicted octanol–water partition coefficient (Wildman–Crippen LogP) is 16.9. The van der Waals surface area contributed by atoms with E-state index in [0.29, 0.717) is 0 Å². The van der Waals surface area contributed by atoms with Crippen molar-refractivity contribution in [1.82, 2.24) is 4.57 Å². The maximum Gasteiger partial charge on any atom is 0.143 e. The second-order valence-corrected chi connectivity index (χ2v) is 16.5. The zero-order valence-corrected chi connectivity index (χ0v) is 34.2. The van der Waals surface area contributed by atoms with Gasteiger partial charge in [-0.2, -0.15) is 0 Å². The predicted molar refractivity (Wildman–Crippen MR) is 266 cm³/mol. The lowest BCUT2D eigenvalue weighted by Gasteiger charge is -2.26. The van der Waals surface area contributed by atoms with Crippen molar-refractivity contribution in [3.05, 3.63) is 231 Å². The molecule has 11 aromatic carbocycles. The minimum absolute atomic E-state index is 0.901. The highest BCUT2D eigenvalue weighted by molar-refractivity contribution is 6.16. The lowest BCUT2D eigenvalue weighted by atomic mass is 10.00. The van der Waals surface area contributed by atoms with E-state index in [1.54, 1.807) is 0 Å². The third kappa shape index (κ3) is 5.75. The summed E-state index contributed by atoms with van der Waals surface area (Å²) in [5.41, 5.74) is 13.3. The quantitative estimate of drug-likeness (QED) is 0.156. The van der Waals surface area contributed by atoms with Crippen molar-refractivity contribution < 1.29 is 4.42 Å². The van der Waals surface area contributed by atoms with Crippen LogP contribution in [0.5, 0.6) is 0 Å². The topological polar surface area (TPSA) is 21.3 Å². The van der Waals surface area contributed by atoms with Crippen LogP contribution in [0.15, 0.2) is 235 Å². The summed E-state index contributed by atoms with van der Waals surface area (Å²) in [7, 11) is 0. The van der Waals surface area contributed by atoms with Crippen LogP contribution in [0.1, 0.15) is 0 Å². The molecule has 0 unspecified atom stereocenters. The molecular weight excluding hydrogens is 765 g/mol. The van der Waals surface area contributed by atoms with E-state index in [2.05, 4.69) is 240 Å². The minimum atomic E-state index is 0.901. The van der Waals surface area contributed by atoms with Crippen molar-refractivity contribution in [2.75, 3.05) is 4.90 Å². The van der Waals surface area contributed by atoms with Crippen molar-refractivity contribution in [1.29, 1.82) is 0 Å². The smallest absolute Gasteiger partial charge is 0.143 e. The van der Waals surface area contributed by atoms with Gasteiger partial charge in [-0.15, -0.1) is 0 Å². The van der Waals surface area contributed by atoms with Gasteiger partial charge in [-0.3, -0.25) is 0 Å². The van der Waals surface area contributed by atoms with E-state index >= 15 is 0 Å². The monoisotopic (exact) mass is 802 g/mol. The first-order chi connectivity index (χ1) is 31.2. The number of hydrogen-bond donors (Lipinski definition) is 0. The fourth-order valence-corrected chi connectivity index (χ4v) is 9.89. The van der Waals surface area contributed by atoms with E-state index in [0.717, 1.165) is 66.8 Å². The highest BCUT2D eigenvalue weighted by Gasteiger charge is 2.17. The zero-order valence-electron chi connectivity index (χ0n) is 34.2. The molecule has 2 aromatic heterocycles. The van der Waals surface area contributed by atoms with E-state index in [-0.39, 0.29) is 0 Å². The Kier molecular flexibility index (Phi) is 7.91. The molecule has 0 spiro atoms. The van der Waals surface area contributed by atoms with Crippen LogP contribution >= 0.6 is 0 Å². The number of para-hydroxylation sites is 2. The fraction of sp³-hybridized carbons (Fsp3) is 0. The molecule has 63 heavy (non-hydrogen) atoms. The molecular formula is C60H38N2O.